The van der Waals surface area contributed by atoms with Crippen LogP contribution in [0, 0.1) is 11.3 Å². The number of halogens is 1. The molecular weight excluding hydrogens is 336 g/mol. The third-order valence-corrected chi connectivity index (χ3v) is 4.53. The van der Waals surface area contributed by atoms with Crippen molar-refractivity contribution >= 4 is 33.1 Å². The molecular formula is C16H13ClN2O3S. The number of ketones is 1. The number of nitrogens with zero attached hydrogens (tertiary/aromatic N) is 2. The summed E-state index contributed by atoms with van der Waals surface area (Å²) in [6, 6.07) is 14.2. The van der Waals surface area contributed by atoms with Crippen LogP contribution >= 0.6 is 11.6 Å². The molecule has 2 rings (SSSR count). The van der Waals surface area contributed by atoms with E-state index in [1.54, 1.807) is 24.3 Å². The van der Waals surface area contributed by atoms with Crippen molar-refractivity contribution in [2.75, 3.05) is 17.1 Å². The second-order valence-corrected chi connectivity index (χ2v) is 7.20. The van der Waals surface area contributed by atoms with Gasteiger partial charge in [-0.15, -0.1) is 0 Å². The van der Waals surface area contributed by atoms with Gasteiger partial charge in [0.1, 0.15) is 0 Å². The SMILES string of the molecule is CS(=O)(=O)N(CC(=O)c1ccc(Cl)cc1)c1ccc(C#N)cc1. The molecule has 0 aromatic heterocycles. The number of sulfonamides is 1. The second kappa shape index (κ2) is 6.82. The Kier molecular flexibility index (Phi) is 5.04. The van der Waals surface area contributed by atoms with E-state index in [4.69, 9.17) is 16.9 Å². The van der Waals surface area contributed by atoms with Gasteiger partial charge in [-0.2, -0.15) is 5.26 Å². The number of hydrogen-bond acceptors (Lipinski definition) is 4. The molecule has 0 saturated carbocycles. The number of carbonyl (C=O) groups is 1. The van der Waals surface area contributed by atoms with Crippen molar-refractivity contribution < 1.29 is 13.2 Å². The zero-order chi connectivity index (χ0) is 17.0. The van der Waals surface area contributed by atoms with Crippen molar-refractivity contribution in [2.24, 2.45) is 0 Å². The van der Waals surface area contributed by atoms with Crippen LogP contribution in [0.1, 0.15) is 15.9 Å². The zero-order valence-corrected chi connectivity index (χ0v) is 13.8. The van der Waals surface area contributed by atoms with Crippen molar-refractivity contribution in [2.45, 2.75) is 0 Å². The van der Waals surface area contributed by atoms with E-state index in [1.807, 2.05) is 6.07 Å². The fourth-order valence-electron chi connectivity index (χ4n) is 1.96. The lowest BCUT2D eigenvalue weighted by Gasteiger charge is -2.21. The van der Waals surface area contributed by atoms with Gasteiger partial charge in [0, 0.05) is 10.6 Å². The summed E-state index contributed by atoms with van der Waals surface area (Å²) >= 11 is 5.78. The summed E-state index contributed by atoms with van der Waals surface area (Å²) in [5.41, 5.74) is 1.11. The van der Waals surface area contributed by atoms with E-state index in [0.29, 0.717) is 21.8 Å². The summed E-state index contributed by atoms with van der Waals surface area (Å²) in [4.78, 5) is 12.3. The molecule has 0 saturated heterocycles. The Morgan fingerprint density at radius 1 is 1.13 bits per heavy atom. The molecule has 0 aliphatic rings. The summed E-state index contributed by atoms with van der Waals surface area (Å²) in [7, 11) is -3.65. The van der Waals surface area contributed by atoms with E-state index >= 15 is 0 Å². The van der Waals surface area contributed by atoms with E-state index in [1.165, 1.54) is 24.3 Å². The van der Waals surface area contributed by atoms with E-state index in [-0.39, 0.29) is 12.3 Å². The molecule has 118 valence electrons. The Labute approximate surface area is 139 Å². The first-order chi connectivity index (χ1) is 10.8. The Hall–Kier alpha value is -2.36. The molecule has 2 aromatic carbocycles. The summed E-state index contributed by atoms with van der Waals surface area (Å²) < 4.78 is 25.0. The number of rotatable bonds is 5. The molecule has 0 N–H and O–H groups in total. The molecule has 0 spiro atoms. The third kappa shape index (κ3) is 4.31. The highest BCUT2D eigenvalue weighted by molar-refractivity contribution is 7.92. The van der Waals surface area contributed by atoms with Gasteiger partial charge in [0.15, 0.2) is 5.78 Å². The van der Waals surface area contributed by atoms with Crippen LogP contribution in [-0.2, 0) is 10.0 Å². The van der Waals surface area contributed by atoms with Gasteiger partial charge in [-0.3, -0.25) is 9.10 Å². The highest BCUT2D eigenvalue weighted by Gasteiger charge is 2.21. The van der Waals surface area contributed by atoms with Gasteiger partial charge in [-0.05, 0) is 48.5 Å². The highest BCUT2D eigenvalue weighted by atomic mass is 35.5. The summed E-state index contributed by atoms with van der Waals surface area (Å²) in [6.07, 6.45) is 1.03. The summed E-state index contributed by atoms with van der Waals surface area (Å²) in [6.45, 7) is -0.327. The minimum atomic E-state index is -3.65. The van der Waals surface area contributed by atoms with Crippen molar-refractivity contribution in [3.63, 3.8) is 0 Å². The smallest absolute Gasteiger partial charge is 0.232 e. The fourth-order valence-corrected chi connectivity index (χ4v) is 2.94. The molecule has 0 aliphatic carbocycles. The van der Waals surface area contributed by atoms with Crippen molar-refractivity contribution in [1.29, 1.82) is 5.26 Å². The first-order valence-corrected chi connectivity index (χ1v) is 8.80. The Bertz CT molecular complexity index is 854. The zero-order valence-electron chi connectivity index (χ0n) is 12.2. The average Bonchev–Trinajstić information content (AvgIpc) is 2.52. The fraction of sp³-hybridized carbons (Fsp3) is 0.125. The molecule has 0 heterocycles. The largest absolute Gasteiger partial charge is 0.292 e. The minimum Gasteiger partial charge on any atom is -0.292 e. The summed E-state index contributed by atoms with van der Waals surface area (Å²) in [5.74, 6) is -0.351. The van der Waals surface area contributed by atoms with E-state index in [2.05, 4.69) is 0 Å². The maximum atomic E-state index is 12.3. The van der Waals surface area contributed by atoms with Crippen LogP contribution in [0.4, 0.5) is 5.69 Å². The van der Waals surface area contributed by atoms with Crippen LogP contribution in [0.5, 0.6) is 0 Å². The van der Waals surface area contributed by atoms with Crippen LogP contribution in [0.2, 0.25) is 5.02 Å². The number of hydrogen-bond donors (Lipinski definition) is 0. The number of carbonyl (C=O) groups excluding carboxylic acids is 1. The molecule has 0 atom stereocenters. The maximum Gasteiger partial charge on any atom is 0.232 e. The molecule has 0 aliphatic heterocycles. The lowest BCUT2D eigenvalue weighted by atomic mass is 10.1. The van der Waals surface area contributed by atoms with Gasteiger partial charge in [0.25, 0.3) is 0 Å². The number of benzene rings is 2. The van der Waals surface area contributed by atoms with Crippen LogP contribution in [0.25, 0.3) is 0 Å². The molecule has 0 amide bonds. The van der Waals surface area contributed by atoms with E-state index < -0.39 is 10.0 Å². The van der Waals surface area contributed by atoms with Gasteiger partial charge in [-0.1, -0.05) is 11.6 Å². The molecule has 5 nitrogen and oxygen atoms in total. The van der Waals surface area contributed by atoms with Crippen LogP contribution in [-0.4, -0.2) is 27.0 Å². The lowest BCUT2D eigenvalue weighted by Crippen LogP contribution is -2.35. The molecule has 2 aromatic rings. The predicted octanol–water partition coefficient (Wildman–Crippen LogP) is 2.86. The molecule has 7 heteroatoms. The molecule has 0 unspecified atom stereocenters. The van der Waals surface area contributed by atoms with Gasteiger partial charge in [0.05, 0.1) is 30.1 Å². The maximum absolute atomic E-state index is 12.3. The number of nitriles is 1. The predicted molar refractivity (Wildman–Crippen MR) is 89.1 cm³/mol. The minimum absolute atomic E-state index is 0.327. The molecule has 0 bridgehead atoms. The number of anilines is 1. The number of Topliss-reactive ketones (excluding diaryl/α,β-unsaturated/α-hetero) is 1. The molecule has 23 heavy (non-hydrogen) atoms. The topological polar surface area (TPSA) is 78.2 Å². The van der Waals surface area contributed by atoms with Crippen molar-refractivity contribution in [3.8, 4) is 6.07 Å². The van der Waals surface area contributed by atoms with Gasteiger partial charge in [-0.25, -0.2) is 8.42 Å². The Balaban J connectivity index is 2.31. The highest BCUT2D eigenvalue weighted by Crippen LogP contribution is 2.19. The molecule has 0 radical (unpaired) electrons. The lowest BCUT2D eigenvalue weighted by molar-refractivity contribution is 0.100. The van der Waals surface area contributed by atoms with Crippen molar-refractivity contribution in [1.82, 2.24) is 0 Å². The van der Waals surface area contributed by atoms with Crippen LogP contribution in [0.15, 0.2) is 48.5 Å². The Morgan fingerprint density at radius 2 is 1.70 bits per heavy atom. The Morgan fingerprint density at radius 3 is 2.17 bits per heavy atom. The normalized spacial score (nSPS) is 10.8. The van der Waals surface area contributed by atoms with Gasteiger partial charge in [0.2, 0.25) is 10.0 Å². The monoisotopic (exact) mass is 348 g/mol. The summed E-state index contributed by atoms with van der Waals surface area (Å²) in [5, 5.41) is 9.29. The third-order valence-electron chi connectivity index (χ3n) is 3.14. The van der Waals surface area contributed by atoms with Crippen LogP contribution in [0.3, 0.4) is 0 Å². The molecule has 0 fully saturated rings. The van der Waals surface area contributed by atoms with E-state index in [9.17, 15) is 13.2 Å². The van der Waals surface area contributed by atoms with E-state index in [0.717, 1.165) is 10.6 Å². The van der Waals surface area contributed by atoms with Gasteiger partial charge >= 0.3 is 0 Å². The average molecular weight is 349 g/mol. The second-order valence-electron chi connectivity index (χ2n) is 4.86. The van der Waals surface area contributed by atoms with Crippen molar-refractivity contribution in [3.05, 3.63) is 64.7 Å². The first-order valence-electron chi connectivity index (χ1n) is 6.58. The van der Waals surface area contributed by atoms with Crippen LogP contribution < -0.4 is 4.31 Å². The van der Waals surface area contributed by atoms with Gasteiger partial charge < -0.3 is 0 Å². The standard InChI is InChI=1S/C16H13ClN2O3S/c1-23(21,22)19(15-8-2-12(10-18)3-9-15)11-16(20)13-4-6-14(17)7-5-13/h2-9H,11H2,1H3. The quantitative estimate of drug-likeness (QED) is 0.778. The first kappa shape index (κ1) is 17.0.